The minimum absolute atomic E-state index is 0.205. The molecule has 5 nitrogen and oxygen atoms in total. The minimum Gasteiger partial charge on any atom is -0.392 e. The van der Waals surface area contributed by atoms with E-state index in [2.05, 4.69) is 10.1 Å². The summed E-state index contributed by atoms with van der Waals surface area (Å²) in [5, 5.41) is 13.1. The number of nitrogens with two attached hydrogens (primary N) is 1. The van der Waals surface area contributed by atoms with Crippen LogP contribution < -0.4 is 5.73 Å². The molecule has 0 amide bonds. The Labute approximate surface area is 82.5 Å². The fourth-order valence-electron chi connectivity index (χ4n) is 1.80. The van der Waals surface area contributed by atoms with Gasteiger partial charge in [-0.25, -0.2) is 0 Å². The third kappa shape index (κ3) is 2.24. The number of β-amino-alcohol motifs (C(OH)–C–C–N with tert-alkyl or cyclic N) is 1. The predicted octanol–water partition coefficient (Wildman–Crippen LogP) is 0.214. The van der Waals surface area contributed by atoms with Crippen LogP contribution in [0.2, 0.25) is 0 Å². The van der Waals surface area contributed by atoms with Gasteiger partial charge in [-0.1, -0.05) is 5.16 Å². The maximum atomic E-state index is 9.45. The molecule has 2 rings (SSSR count). The van der Waals surface area contributed by atoms with E-state index in [1.165, 1.54) is 0 Å². The molecule has 14 heavy (non-hydrogen) atoms. The molecule has 78 valence electrons. The molecule has 0 aromatic carbocycles. The van der Waals surface area contributed by atoms with Gasteiger partial charge in [0.2, 0.25) is 0 Å². The van der Waals surface area contributed by atoms with Gasteiger partial charge < -0.3 is 15.4 Å². The number of nitrogens with zero attached hydrogens (tertiary/aromatic N) is 2. The van der Waals surface area contributed by atoms with Crippen molar-refractivity contribution in [3.63, 3.8) is 0 Å². The summed E-state index contributed by atoms with van der Waals surface area (Å²) in [5.74, 6) is 1.18. The van der Waals surface area contributed by atoms with E-state index < -0.39 is 0 Å². The number of hydrogen-bond donors (Lipinski definition) is 2. The maximum absolute atomic E-state index is 9.45. The summed E-state index contributed by atoms with van der Waals surface area (Å²) < 4.78 is 5.00. The maximum Gasteiger partial charge on any atom is 0.167 e. The largest absolute Gasteiger partial charge is 0.392 e. The second kappa shape index (κ2) is 3.98. The van der Waals surface area contributed by atoms with Gasteiger partial charge in [0.25, 0.3) is 0 Å². The lowest BCUT2D eigenvalue weighted by Crippen LogP contribution is -2.37. The van der Waals surface area contributed by atoms with Crippen molar-refractivity contribution in [2.75, 3.05) is 18.8 Å². The standard InChI is InChI=1S/C9H15N3O2/c10-9-4-8(14-11-9)6-12-3-1-2-7(13)5-12/h4,7,13H,1-3,5-6H2,(H2,10,11). The molecule has 0 bridgehead atoms. The lowest BCUT2D eigenvalue weighted by Gasteiger charge is -2.28. The SMILES string of the molecule is Nc1cc(CN2CCCC(O)C2)on1. The summed E-state index contributed by atoms with van der Waals surface area (Å²) in [6.07, 6.45) is 1.73. The Balaban J connectivity index is 1.90. The average molecular weight is 197 g/mol. The van der Waals surface area contributed by atoms with Gasteiger partial charge in [0.15, 0.2) is 11.6 Å². The Morgan fingerprint density at radius 2 is 2.57 bits per heavy atom. The van der Waals surface area contributed by atoms with Crippen LogP contribution in [0.4, 0.5) is 5.82 Å². The second-order valence-electron chi connectivity index (χ2n) is 3.75. The first-order chi connectivity index (χ1) is 6.74. The first-order valence-electron chi connectivity index (χ1n) is 4.85. The molecule has 0 spiro atoms. The van der Waals surface area contributed by atoms with E-state index in [9.17, 15) is 5.11 Å². The van der Waals surface area contributed by atoms with E-state index in [4.69, 9.17) is 10.3 Å². The zero-order valence-corrected chi connectivity index (χ0v) is 8.02. The first-order valence-corrected chi connectivity index (χ1v) is 4.85. The summed E-state index contributed by atoms with van der Waals surface area (Å²) in [4.78, 5) is 2.15. The molecule has 1 fully saturated rings. The lowest BCUT2D eigenvalue weighted by molar-refractivity contribution is 0.0622. The summed E-state index contributed by atoms with van der Waals surface area (Å²) in [7, 11) is 0. The summed E-state index contributed by atoms with van der Waals surface area (Å²) in [5.41, 5.74) is 5.44. The number of piperidine rings is 1. The monoisotopic (exact) mass is 197 g/mol. The molecule has 0 radical (unpaired) electrons. The molecular formula is C9H15N3O2. The highest BCUT2D eigenvalue weighted by Crippen LogP contribution is 2.14. The van der Waals surface area contributed by atoms with Crippen molar-refractivity contribution >= 4 is 5.82 Å². The molecule has 1 aromatic rings. The van der Waals surface area contributed by atoms with Gasteiger partial charge in [-0.2, -0.15) is 0 Å². The highest BCUT2D eigenvalue weighted by molar-refractivity contribution is 5.26. The molecule has 0 aliphatic carbocycles. The van der Waals surface area contributed by atoms with Gasteiger partial charge in [0, 0.05) is 12.6 Å². The summed E-state index contributed by atoms with van der Waals surface area (Å²) in [6.45, 7) is 2.39. The normalized spacial score (nSPS) is 23.9. The van der Waals surface area contributed by atoms with E-state index in [0.717, 1.165) is 25.1 Å². The van der Waals surface area contributed by atoms with Crippen LogP contribution in [0.3, 0.4) is 0 Å². The van der Waals surface area contributed by atoms with Crippen molar-refractivity contribution in [1.82, 2.24) is 10.1 Å². The van der Waals surface area contributed by atoms with Crippen LogP contribution in [0.5, 0.6) is 0 Å². The smallest absolute Gasteiger partial charge is 0.167 e. The van der Waals surface area contributed by atoms with Gasteiger partial charge in [-0.3, -0.25) is 4.90 Å². The fourth-order valence-corrected chi connectivity index (χ4v) is 1.80. The zero-order valence-electron chi connectivity index (χ0n) is 8.02. The first kappa shape index (κ1) is 9.48. The summed E-state index contributed by atoms with van der Waals surface area (Å²) >= 11 is 0. The second-order valence-corrected chi connectivity index (χ2v) is 3.75. The predicted molar refractivity (Wildman–Crippen MR) is 51.4 cm³/mol. The Bertz CT molecular complexity index is 300. The molecule has 2 heterocycles. The van der Waals surface area contributed by atoms with Gasteiger partial charge >= 0.3 is 0 Å². The number of nitrogen functional groups attached to an aromatic ring is 1. The van der Waals surface area contributed by atoms with Crippen LogP contribution in [0.25, 0.3) is 0 Å². The molecule has 1 unspecified atom stereocenters. The quantitative estimate of drug-likeness (QED) is 0.709. The van der Waals surface area contributed by atoms with Gasteiger partial charge in [0.1, 0.15) is 0 Å². The number of hydrogen-bond acceptors (Lipinski definition) is 5. The number of aliphatic hydroxyl groups is 1. The van der Waals surface area contributed by atoms with Crippen LogP contribution in [0.1, 0.15) is 18.6 Å². The third-order valence-corrected chi connectivity index (χ3v) is 2.44. The van der Waals surface area contributed by atoms with E-state index >= 15 is 0 Å². The minimum atomic E-state index is -0.205. The Morgan fingerprint density at radius 3 is 3.21 bits per heavy atom. The van der Waals surface area contributed by atoms with Crippen molar-refractivity contribution in [2.45, 2.75) is 25.5 Å². The number of anilines is 1. The van der Waals surface area contributed by atoms with E-state index in [1.807, 2.05) is 0 Å². The molecule has 3 N–H and O–H groups in total. The Morgan fingerprint density at radius 1 is 1.71 bits per heavy atom. The van der Waals surface area contributed by atoms with Gasteiger partial charge in [-0.15, -0.1) is 0 Å². The highest BCUT2D eigenvalue weighted by atomic mass is 16.5. The number of aromatic nitrogens is 1. The molecule has 1 aromatic heterocycles. The molecule has 1 saturated heterocycles. The molecule has 1 aliphatic rings. The average Bonchev–Trinajstić information content (AvgIpc) is 2.51. The molecule has 1 atom stereocenters. The number of rotatable bonds is 2. The molecule has 5 heteroatoms. The van der Waals surface area contributed by atoms with Crippen LogP contribution in [-0.4, -0.2) is 34.4 Å². The number of aliphatic hydroxyl groups excluding tert-OH is 1. The van der Waals surface area contributed by atoms with Gasteiger partial charge in [0.05, 0.1) is 12.6 Å². The van der Waals surface area contributed by atoms with E-state index in [0.29, 0.717) is 18.9 Å². The van der Waals surface area contributed by atoms with Crippen LogP contribution in [-0.2, 0) is 6.54 Å². The zero-order chi connectivity index (χ0) is 9.97. The highest BCUT2D eigenvalue weighted by Gasteiger charge is 2.18. The van der Waals surface area contributed by atoms with Crippen LogP contribution >= 0.6 is 0 Å². The summed E-state index contributed by atoms with van der Waals surface area (Å²) in [6, 6.07) is 1.72. The number of likely N-dealkylation sites (tertiary alicyclic amines) is 1. The van der Waals surface area contributed by atoms with Crippen molar-refractivity contribution in [1.29, 1.82) is 0 Å². The van der Waals surface area contributed by atoms with E-state index in [-0.39, 0.29) is 6.10 Å². The van der Waals surface area contributed by atoms with E-state index in [1.54, 1.807) is 6.07 Å². The third-order valence-electron chi connectivity index (χ3n) is 2.44. The topological polar surface area (TPSA) is 75.5 Å². The lowest BCUT2D eigenvalue weighted by atomic mass is 10.1. The molecule has 0 saturated carbocycles. The van der Waals surface area contributed by atoms with Crippen molar-refractivity contribution < 1.29 is 9.63 Å². The Hall–Kier alpha value is -1.07. The van der Waals surface area contributed by atoms with Gasteiger partial charge in [-0.05, 0) is 19.4 Å². The molecule has 1 aliphatic heterocycles. The van der Waals surface area contributed by atoms with Crippen LogP contribution in [0, 0.1) is 0 Å². The fraction of sp³-hybridized carbons (Fsp3) is 0.667. The van der Waals surface area contributed by atoms with Crippen molar-refractivity contribution in [3.8, 4) is 0 Å². The van der Waals surface area contributed by atoms with Crippen molar-refractivity contribution in [2.24, 2.45) is 0 Å². The van der Waals surface area contributed by atoms with Crippen molar-refractivity contribution in [3.05, 3.63) is 11.8 Å². The Kier molecular flexibility index (Phi) is 2.69. The molecular weight excluding hydrogens is 182 g/mol. The van der Waals surface area contributed by atoms with Crippen LogP contribution in [0.15, 0.2) is 10.6 Å².